The van der Waals surface area contributed by atoms with Gasteiger partial charge in [-0.15, -0.1) is 11.3 Å². The van der Waals surface area contributed by atoms with Gasteiger partial charge in [0.1, 0.15) is 4.88 Å². The fourth-order valence-electron chi connectivity index (χ4n) is 2.42. The van der Waals surface area contributed by atoms with Crippen molar-refractivity contribution in [3.8, 4) is 0 Å². The number of anilines is 1. The largest absolute Gasteiger partial charge is 0.297 e. The summed E-state index contributed by atoms with van der Waals surface area (Å²) in [6.45, 7) is 2.02. The summed E-state index contributed by atoms with van der Waals surface area (Å²) in [5.74, 6) is -0.225. The predicted molar refractivity (Wildman–Crippen MR) is 107 cm³/mol. The van der Waals surface area contributed by atoms with Crippen molar-refractivity contribution in [2.45, 2.75) is 6.92 Å². The molecule has 7 heteroatoms. The average Bonchev–Trinajstić information content (AvgIpc) is 3.07. The molecule has 4 aromatic rings. The van der Waals surface area contributed by atoms with Crippen LogP contribution in [0.5, 0.6) is 0 Å². The van der Waals surface area contributed by atoms with Crippen LogP contribution < -0.4 is 5.32 Å². The molecular formula is C17H10BrClN2OS2. The van der Waals surface area contributed by atoms with E-state index in [4.69, 9.17) is 11.6 Å². The molecule has 2 heterocycles. The van der Waals surface area contributed by atoms with Crippen LogP contribution in [0.25, 0.3) is 20.3 Å². The molecule has 0 spiro atoms. The lowest BCUT2D eigenvalue weighted by Crippen LogP contribution is -2.10. The summed E-state index contributed by atoms with van der Waals surface area (Å²) in [5, 5.41) is 4.83. The zero-order valence-corrected chi connectivity index (χ0v) is 16.4. The van der Waals surface area contributed by atoms with E-state index in [2.05, 4.69) is 26.2 Å². The molecule has 0 aliphatic heterocycles. The van der Waals surface area contributed by atoms with Crippen LogP contribution in [0, 0.1) is 6.92 Å². The van der Waals surface area contributed by atoms with Crippen molar-refractivity contribution in [1.82, 2.24) is 4.98 Å². The van der Waals surface area contributed by atoms with Crippen LogP contribution in [0.4, 0.5) is 5.13 Å². The van der Waals surface area contributed by atoms with Crippen molar-refractivity contribution < 1.29 is 4.79 Å². The maximum Gasteiger partial charge on any atom is 0.269 e. The molecule has 120 valence electrons. The van der Waals surface area contributed by atoms with E-state index in [1.54, 1.807) is 0 Å². The number of nitrogens with zero attached hydrogens (tertiary/aromatic N) is 1. The van der Waals surface area contributed by atoms with Crippen molar-refractivity contribution in [3.05, 3.63) is 56.3 Å². The van der Waals surface area contributed by atoms with E-state index < -0.39 is 0 Å². The molecule has 24 heavy (non-hydrogen) atoms. The minimum Gasteiger partial charge on any atom is -0.297 e. The zero-order valence-electron chi connectivity index (χ0n) is 12.4. The fourth-order valence-corrected chi connectivity index (χ4v) is 5.35. The van der Waals surface area contributed by atoms with Crippen LogP contribution in [-0.2, 0) is 0 Å². The van der Waals surface area contributed by atoms with Gasteiger partial charge < -0.3 is 0 Å². The van der Waals surface area contributed by atoms with Gasteiger partial charge in [0, 0.05) is 14.6 Å². The van der Waals surface area contributed by atoms with Crippen LogP contribution in [-0.4, -0.2) is 10.9 Å². The number of nitrogens with one attached hydrogen (secondary N) is 1. The standard InChI is InChI=1S/C17H10BrClN2OS2/c1-8-2-4-10-12(6-8)23-15(14(10)19)16(22)21-17-20-11-5-3-9(18)7-13(11)24-17/h2-7H,1H3,(H,20,21,22). The van der Waals surface area contributed by atoms with Gasteiger partial charge in [-0.25, -0.2) is 4.98 Å². The van der Waals surface area contributed by atoms with E-state index in [9.17, 15) is 4.79 Å². The Labute approximate surface area is 159 Å². The predicted octanol–water partition coefficient (Wildman–Crippen LogP) is 6.49. The number of aromatic nitrogens is 1. The molecule has 0 saturated carbocycles. The first-order chi connectivity index (χ1) is 11.5. The van der Waals surface area contributed by atoms with Gasteiger partial charge in [0.15, 0.2) is 5.13 Å². The number of carbonyl (C=O) groups excluding carboxylic acids is 1. The second-order valence-electron chi connectivity index (χ2n) is 5.33. The molecule has 0 aliphatic rings. The molecule has 3 nitrogen and oxygen atoms in total. The van der Waals surface area contributed by atoms with E-state index in [0.717, 1.165) is 30.3 Å². The van der Waals surface area contributed by atoms with Gasteiger partial charge in [-0.1, -0.05) is 51.0 Å². The third-order valence-electron chi connectivity index (χ3n) is 3.56. The Balaban J connectivity index is 1.69. The molecule has 0 radical (unpaired) electrons. The zero-order chi connectivity index (χ0) is 16.8. The van der Waals surface area contributed by atoms with Crippen LogP contribution in [0.3, 0.4) is 0 Å². The number of aryl methyl sites for hydroxylation is 1. The van der Waals surface area contributed by atoms with Gasteiger partial charge in [0.05, 0.1) is 15.2 Å². The van der Waals surface area contributed by atoms with Gasteiger partial charge in [0.25, 0.3) is 5.91 Å². The van der Waals surface area contributed by atoms with Gasteiger partial charge in [-0.2, -0.15) is 0 Å². The number of carbonyl (C=O) groups is 1. The Morgan fingerprint density at radius 1 is 1.17 bits per heavy atom. The van der Waals surface area contributed by atoms with Crippen molar-refractivity contribution >= 4 is 81.5 Å². The molecule has 1 amide bonds. The maximum absolute atomic E-state index is 12.6. The summed E-state index contributed by atoms with van der Waals surface area (Å²) >= 11 is 12.7. The third kappa shape index (κ3) is 2.84. The highest BCUT2D eigenvalue weighted by Gasteiger charge is 2.18. The number of halogens is 2. The SMILES string of the molecule is Cc1ccc2c(Cl)c(C(=O)Nc3nc4ccc(Br)cc4s3)sc2c1. The second-order valence-corrected chi connectivity index (χ2v) is 8.71. The highest BCUT2D eigenvalue weighted by molar-refractivity contribution is 9.10. The first-order valence-electron chi connectivity index (χ1n) is 7.07. The van der Waals surface area contributed by atoms with Gasteiger partial charge in [-0.3, -0.25) is 10.1 Å². The summed E-state index contributed by atoms with van der Waals surface area (Å²) in [4.78, 5) is 17.6. The van der Waals surface area contributed by atoms with Crippen molar-refractivity contribution in [1.29, 1.82) is 0 Å². The lowest BCUT2D eigenvalue weighted by molar-refractivity contribution is 0.103. The summed E-state index contributed by atoms with van der Waals surface area (Å²) in [5.41, 5.74) is 2.00. The highest BCUT2D eigenvalue weighted by Crippen LogP contribution is 2.37. The molecule has 0 saturated heterocycles. The summed E-state index contributed by atoms with van der Waals surface area (Å²) < 4.78 is 3.01. The minimum absolute atomic E-state index is 0.225. The molecular weight excluding hydrogens is 428 g/mol. The van der Waals surface area contributed by atoms with Gasteiger partial charge >= 0.3 is 0 Å². The van der Waals surface area contributed by atoms with Crippen LogP contribution >= 0.6 is 50.2 Å². The molecule has 1 N–H and O–H groups in total. The quantitative estimate of drug-likeness (QED) is 0.389. The molecule has 4 rings (SSSR count). The third-order valence-corrected chi connectivity index (χ3v) is 6.64. The Bertz CT molecular complexity index is 1100. The average molecular weight is 438 g/mol. The molecule has 0 fully saturated rings. The summed E-state index contributed by atoms with van der Waals surface area (Å²) in [6, 6.07) is 11.8. The summed E-state index contributed by atoms with van der Waals surface area (Å²) in [6.07, 6.45) is 0. The molecule has 2 aromatic heterocycles. The first kappa shape index (κ1) is 16.0. The molecule has 0 aliphatic carbocycles. The number of amides is 1. The lowest BCUT2D eigenvalue weighted by Gasteiger charge is -1.98. The number of benzene rings is 2. The van der Waals surface area contributed by atoms with E-state index >= 15 is 0 Å². The van der Waals surface area contributed by atoms with Crippen molar-refractivity contribution in [2.75, 3.05) is 5.32 Å². The van der Waals surface area contributed by atoms with Crippen LogP contribution in [0.2, 0.25) is 5.02 Å². The van der Waals surface area contributed by atoms with Crippen molar-refractivity contribution in [3.63, 3.8) is 0 Å². The maximum atomic E-state index is 12.6. The van der Waals surface area contributed by atoms with E-state index in [0.29, 0.717) is 15.0 Å². The molecule has 0 atom stereocenters. The normalized spacial score (nSPS) is 11.3. The number of hydrogen-bond acceptors (Lipinski definition) is 4. The van der Waals surface area contributed by atoms with Gasteiger partial charge in [0.2, 0.25) is 0 Å². The smallest absolute Gasteiger partial charge is 0.269 e. The lowest BCUT2D eigenvalue weighted by atomic mass is 10.2. The molecule has 0 bridgehead atoms. The molecule has 0 unspecified atom stereocenters. The molecule has 2 aromatic carbocycles. The Kier molecular flexibility index (Phi) is 4.08. The summed E-state index contributed by atoms with van der Waals surface area (Å²) in [7, 11) is 0. The van der Waals surface area contributed by atoms with E-state index in [-0.39, 0.29) is 5.91 Å². The number of thiazole rings is 1. The Morgan fingerprint density at radius 3 is 2.83 bits per heavy atom. The van der Waals surface area contributed by atoms with Crippen molar-refractivity contribution in [2.24, 2.45) is 0 Å². The monoisotopic (exact) mass is 436 g/mol. The van der Waals surface area contributed by atoms with Gasteiger partial charge in [-0.05, 0) is 36.8 Å². The van der Waals surface area contributed by atoms with Crippen LogP contribution in [0.1, 0.15) is 15.2 Å². The number of thiophene rings is 1. The number of fused-ring (bicyclic) bond motifs is 2. The Hall–Kier alpha value is -1.47. The Morgan fingerprint density at radius 2 is 2.00 bits per heavy atom. The highest BCUT2D eigenvalue weighted by atomic mass is 79.9. The van der Waals surface area contributed by atoms with E-state index in [1.165, 1.54) is 22.7 Å². The minimum atomic E-state index is -0.225. The second kappa shape index (κ2) is 6.11. The number of rotatable bonds is 2. The first-order valence-corrected chi connectivity index (χ1v) is 9.88. The van der Waals surface area contributed by atoms with E-state index in [1.807, 2.05) is 43.3 Å². The number of hydrogen-bond donors (Lipinski definition) is 1. The topological polar surface area (TPSA) is 42.0 Å². The fraction of sp³-hybridized carbons (Fsp3) is 0.0588. The van der Waals surface area contributed by atoms with Crippen LogP contribution in [0.15, 0.2) is 40.9 Å².